The number of rotatable bonds is 2. The van der Waals surface area contributed by atoms with Crippen LogP contribution in [0.3, 0.4) is 0 Å². The molecular formula is C7H3I2NO3S2. The number of hydrogen-bond donors (Lipinski definition) is 1. The fourth-order valence-corrected chi connectivity index (χ4v) is 4.04. The third-order valence-corrected chi connectivity index (χ3v) is 4.78. The summed E-state index contributed by atoms with van der Waals surface area (Å²) >= 11 is 8.24. The van der Waals surface area contributed by atoms with Gasteiger partial charge in [-0.1, -0.05) is 0 Å². The summed E-state index contributed by atoms with van der Waals surface area (Å²) in [6, 6.07) is 2.86. The van der Waals surface area contributed by atoms with Crippen LogP contribution in [0.2, 0.25) is 0 Å². The lowest BCUT2D eigenvalue weighted by Crippen LogP contribution is -2.01. The highest BCUT2D eigenvalue weighted by Crippen LogP contribution is 2.32. The van der Waals surface area contributed by atoms with E-state index in [9.17, 15) is 8.42 Å². The first-order valence-corrected chi connectivity index (χ1v) is 7.42. The summed E-state index contributed by atoms with van der Waals surface area (Å²) in [5.41, 5.74) is 0.404. The molecule has 0 unspecified atom stereocenters. The van der Waals surface area contributed by atoms with E-state index in [1.807, 2.05) is 22.6 Å². The lowest BCUT2D eigenvalue weighted by atomic mass is 10.3. The number of thiocarbonyl (C=S) groups is 1. The largest absolute Gasteiger partial charge is 0.295 e. The van der Waals surface area contributed by atoms with Gasteiger partial charge in [-0.05, 0) is 69.5 Å². The van der Waals surface area contributed by atoms with Crippen molar-refractivity contribution in [3.63, 3.8) is 0 Å². The van der Waals surface area contributed by atoms with Crippen LogP contribution in [0.25, 0.3) is 0 Å². The molecule has 0 fully saturated rings. The number of halogens is 2. The third-order valence-electron chi connectivity index (χ3n) is 1.47. The minimum atomic E-state index is -4.22. The molecule has 1 rings (SSSR count). The topological polar surface area (TPSA) is 66.7 Å². The van der Waals surface area contributed by atoms with Gasteiger partial charge in [0.1, 0.15) is 10.6 Å². The number of aliphatic imine (C=N–C) groups is 1. The maximum absolute atomic E-state index is 11.0. The van der Waals surface area contributed by atoms with Gasteiger partial charge in [0.25, 0.3) is 10.1 Å². The van der Waals surface area contributed by atoms with Gasteiger partial charge in [0.05, 0.1) is 8.73 Å². The Labute approximate surface area is 119 Å². The molecule has 0 aromatic heterocycles. The van der Waals surface area contributed by atoms with Gasteiger partial charge in [0, 0.05) is 3.57 Å². The normalized spacial score (nSPS) is 10.9. The molecule has 0 spiro atoms. The average Bonchev–Trinajstić information content (AvgIpc) is 2.09. The van der Waals surface area contributed by atoms with Gasteiger partial charge in [-0.3, -0.25) is 4.55 Å². The second kappa shape index (κ2) is 5.15. The molecule has 0 saturated carbocycles. The van der Waals surface area contributed by atoms with Crippen molar-refractivity contribution in [2.45, 2.75) is 4.90 Å². The van der Waals surface area contributed by atoms with Crippen molar-refractivity contribution in [1.82, 2.24) is 0 Å². The Kier molecular flexibility index (Phi) is 4.62. The lowest BCUT2D eigenvalue weighted by molar-refractivity contribution is 0.482. The molecule has 0 aliphatic rings. The Bertz CT molecular complexity index is 550. The van der Waals surface area contributed by atoms with Crippen LogP contribution in [0.15, 0.2) is 22.0 Å². The highest BCUT2D eigenvalue weighted by atomic mass is 127. The Balaban J connectivity index is 3.63. The fourth-order valence-electron chi connectivity index (χ4n) is 0.870. The van der Waals surface area contributed by atoms with E-state index < -0.39 is 10.1 Å². The molecule has 0 amide bonds. The Morgan fingerprint density at radius 3 is 2.47 bits per heavy atom. The van der Waals surface area contributed by atoms with Crippen LogP contribution < -0.4 is 0 Å². The van der Waals surface area contributed by atoms with Crippen LogP contribution in [-0.4, -0.2) is 18.1 Å². The van der Waals surface area contributed by atoms with Crippen molar-refractivity contribution in [2.24, 2.45) is 4.99 Å². The first kappa shape index (κ1) is 13.5. The number of nitrogens with zero attached hydrogens (tertiary/aromatic N) is 1. The Morgan fingerprint density at radius 2 is 2.00 bits per heavy atom. The zero-order chi connectivity index (χ0) is 11.6. The molecule has 0 heterocycles. The molecule has 80 valence electrons. The van der Waals surface area contributed by atoms with Crippen molar-refractivity contribution < 1.29 is 13.0 Å². The Hall–Kier alpha value is 0.390. The monoisotopic (exact) mass is 467 g/mol. The second-order valence-corrected chi connectivity index (χ2v) is 6.20. The molecule has 4 nitrogen and oxygen atoms in total. The average molecular weight is 467 g/mol. The van der Waals surface area contributed by atoms with Gasteiger partial charge in [-0.2, -0.15) is 13.4 Å². The third kappa shape index (κ3) is 3.17. The standard InChI is InChI=1S/C7H3I2NO3S2/c8-4-1-2-5(15(11,12)13)6(9)7(4)10-3-14/h1-2H,(H,11,12,13). The lowest BCUT2D eigenvalue weighted by Gasteiger charge is -2.04. The van der Waals surface area contributed by atoms with Gasteiger partial charge in [-0.25, -0.2) is 0 Å². The van der Waals surface area contributed by atoms with E-state index in [2.05, 4.69) is 22.4 Å². The molecule has 0 bridgehead atoms. The maximum Gasteiger partial charge on any atom is 0.295 e. The van der Waals surface area contributed by atoms with Crippen molar-refractivity contribution in [1.29, 1.82) is 0 Å². The SMILES string of the molecule is O=S(=O)(O)c1ccc(I)c(N=C=S)c1I. The van der Waals surface area contributed by atoms with Crippen LogP contribution in [0.4, 0.5) is 5.69 Å². The summed E-state index contributed by atoms with van der Waals surface area (Å²) in [7, 11) is -4.22. The summed E-state index contributed by atoms with van der Waals surface area (Å²) in [5.74, 6) is 0. The maximum atomic E-state index is 11.0. The van der Waals surface area contributed by atoms with Gasteiger partial charge < -0.3 is 0 Å². The van der Waals surface area contributed by atoms with Crippen LogP contribution in [0.1, 0.15) is 0 Å². The second-order valence-electron chi connectivity index (χ2n) is 2.39. The first-order valence-electron chi connectivity index (χ1n) is 3.41. The molecule has 0 aliphatic carbocycles. The predicted molar refractivity (Wildman–Crippen MR) is 76.4 cm³/mol. The zero-order valence-corrected chi connectivity index (χ0v) is 12.9. The summed E-state index contributed by atoms with van der Waals surface area (Å²) in [6.07, 6.45) is 0. The van der Waals surface area contributed by atoms with Crippen molar-refractivity contribution >= 4 is 78.4 Å². The first-order chi connectivity index (χ1) is 6.88. The van der Waals surface area contributed by atoms with Gasteiger partial charge >= 0.3 is 0 Å². The van der Waals surface area contributed by atoms with Crippen molar-refractivity contribution in [3.05, 3.63) is 19.3 Å². The molecule has 8 heteroatoms. The molecule has 1 N–H and O–H groups in total. The van der Waals surface area contributed by atoms with Crippen molar-refractivity contribution in [2.75, 3.05) is 0 Å². The predicted octanol–water partition coefficient (Wildman–Crippen LogP) is 2.88. The quantitative estimate of drug-likeness (QED) is 0.315. The molecule has 1 aromatic carbocycles. The number of hydrogen-bond acceptors (Lipinski definition) is 4. The zero-order valence-electron chi connectivity index (χ0n) is 6.94. The molecule has 0 saturated heterocycles. The fraction of sp³-hybridized carbons (Fsp3) is 0. The van der Waals surface area contributed by atoms with Crippen LogP contribution in [0.5, 0.6) is 0 Å². The number of isothiocyanates is 1. The van der Waals surface area contributed by atoms with E-state index in [1.54, 1.807) is 22.6 Å². The molecular weight excluding hydrogens is 464 g/mol. The van der Waals surface area contributed by atoms with E-state index in [1.165, 1.54) is 12.1 Å². The molecule has 0 atom stereocenters. The van der Waals surface area contributed by atoms with E-state index in [-0.39, 0.29) is 4.90 Å². The summed E-state index contributed by atoms with van der Waals surface area (Å²) < 4.78 is 32.0. The van der Waals surface area contributed by atoms with E-state index in [0.29, 0.717) is 9.26 Å². The minimum Gasteiger partial charge on any atom is -0.282 e. The van der Waals surface area contributed by atoms with E-state index >= 15 is 0 Å². The Morgan fingerprint density at radius 1 is 1.40 bits per heavy atom. The van der Waals surface area contributed by atoms with E-state index in [4.69, 9.17) is 4.55 Å². The molecule has 0 aliphatic heterocycles. The summed E-state index contributed by atoms with van der Waals surface area (Å²) in [6.45, 7) is 0. The van der Waals surface area contributed by atoms with Crippen LogP contribution in [-0.2, 0) is 10.1 Å². The van der Waals surface area contributed by atoms with Gasteiger partial charge in [0.2, 0.25) is 0 Å². The van der Waals surface area contributed by atoms with Crippen LogP contribution >= 0.6 is 57.4 Å². The van der Waals surface area contributed by atoms with Gasteiger partial charge in [0.15, 0.2) is 0 Å². The minimum absolute atomic E-state index is 0.174. The van der Waals surface area contributed by atoms with Crippen molar-refractivity contribution in [3.8, 4) is 0 Å². The highest BCUT2D eigenvalue weighted by molar-refractivity contribution is 14.1. The molecule has 15 heavy (non-hydrogen) atoms. The summed E-state index contributed by atoms with van der Waals surface area (Å²) in [5, 5.41) is 2.17. The number of benzene rings is 1. The van der Waals surface area contributed by atoms with Crippen LogP contribution in [0, 0.1) is 7.14 Å². The summed E-state index contributed by atoms with van der Waals surface area (Å²) in [4.78, 5) is 3.58. The smallest absolute Gasteiger partial charge is 0.282 e. The highest BCUT2D eigenvalue weighted by Gasteiger charge is 2.18. The molecule has 0 radical (unpaired) electrons. The van der Waals surface area contributed by atoms with E-state index in [0.717, 1.165) is 3.57 Å². The molecule has 1 aromatic rings. The van der Waals surface area contributed by atoms with Gasteiger partial charge in [-0.15, -0.1) is 0 Å².